The number of hydrogen-bond acceptors (Lipinski definition) is 5. The first-order chi connectivity index (χ1) is 14.5. The average Bonchev–Trinajstić information content (AvgIpc) is 3.07. The number of pyridine rings is 1. The summed E-state index contributed by atoms with van der Waals surface area (Å²) in [7, 11) is 0. The van der Waals surface area contributed by atoms with Gasteiger partial charge in [-0.05, 0) is 42.7 Å². The third kappa shape index (κ3) is 4.11. The molecule has 154 valence electrons. The molecule has 0 saturated carbocycles. The molecule has 1 aromatic carbocycles. The Morgan fingerprint density at radius 3 is 2.97 bits per heavy atom. The van der Waals surface area contributed by atoms with Gasteiger partial charge in [0.05, 0.1) is 6.54 Å². The molecule has 2 aromatic heterocycles. The van der Waals surface area contributed by atoms with Crippen molar-refractivity contribution in [1.82, 2.24) is 9.88 Å². The Hall–Kier alpha value is -3.45. The predicted molar refractivity (Wildman–Crippen MR) is 116 cm³/mol. The normalized spacial score (nSPS) is 13.5. The summed E-state index contributed by atoms with van der Waals surface area (Å²) >= 11 is 0. The van der Waals surface area contributed by atoms with Crippen LogP contribution in [0, 0.1) is 6.92 Å². The van der Waals surface area contributed by atoms with Crippen molar-refractivity contribution in [3.63, 3.8) is 0 Å². The van der Waals surface area contributed by atoms with E-state index in [2.05, 4.69) is 10.3 Å². The van der Waals surface area contributed by atoms with Crippen LogP contribution in [0.1, 0.15) is 28.9 Å². The molecule has 30 heavy (non-hydrogen) atoms. The summed E-state index contributed by atoms with van der Waals surface area (Å²) in [5.74, 6) is 1.19. The van der Waals surface area contributed by atoms with Crippen molar-refractivity contribution in [1.29, 1.82) is 0 Å². The number of carbonyl (C=O) groups is 2. The maximum atomic E-state index is 12.8. The molecule has 0 spiro atoms. The number of fused-ring (bicyclic) bond motifs is 2. The van der Waals surface area contributed by atoms with Crippen LogP contribution in [0.5, 0.6) is 0 Å². The number of para-hydroxylation sites is 1. The molecular formula is C23H24N4O3. The monoisotopic (exact) mass is 404 g/mol. The lowest BCUT2D eigenvalue weighted by Crippen LogP contribution is -2.33. The van der Waals surface area contributed by atoms with Crippen LogP contribution in [0.25, 0.3) is 17.0 Å². The summed E-state index contributed by atoms with van der Waals surface area (Å²) in [6.45, 7) is 3.14. The van der Waals surface area contributed by atoms with Gasteiger partial charge in [0.25, 0.3) is 0 Å². The zero-order chi connectivity index (χ0) is 21.1. The van der Waals surface area contributed by atoms with E-state index in [-0.39, 0.29) is 11.8 Å². The highest BCUT2D eigenvalue weighted by Gasteiger charge is 2.18. The minimum Gasteiger partial charge on any atom is -0.459 e. The maximum absolute atomic E-state index is 12.8. The summed E-state index contributed by atoms with van der Waals surface area (Å²) in [5, 5.41) is 3.81. The zero-order valence-electron chi connectivity index (χ0n) is 16.9. The molecule has 1 aliphatic rings. The molecule has 0 unspecified atom stereocenters. The van der Waals surface area contributed by atoms with E-state index in [0.717, 1.165) is 33.4 Å². The first kappa shape index (κ1) is 19.8. The number of nitrogens with two attached hydrogens (primary N) is 1. The minimum atomic E-state index is -0.147. The van der Waals surface area contributed by atoms with Crippen molar-refractivity contribution in [2.45, 2.75) is 26.3 Å². The molecule has 3 N–H and O–H groups in total. The molecule has 0 radical (unpaired) electrons. The summed E-state index contributed by atoms with van der Waals surface area (Å²) in [6.07, 6.45) is 6.00. The number of aromatic nitrogens is 1. The standard InChI is InChI=1S/C23H24N4O3/c1-15-18-4-2-3-5-19(18)30-20(15)14-27(11-10-24)22(29)9-6-16-12-17-7-8-21(28)26-23(17)25-13-16/h2-6,9,12-13H,7-8,10-11,14,24H2,1H3,(H,25,26,28)/b9-6+. The average molecular weight is 404 g/mol. The van der Waals surface area contributed by atoms with Crippen molar-refractivity contribution >= 4 is 34.7 Å². The smallest absolute Gasteiger partial charge is 0.247 e. The molecule has 3 heterocycles. The first-order valence-electron chi connectivity index (χ1n) is 9.98. The van der Waals surface area contributed by atoms with Gasteiger partial charge in [-0.2, -0.15) is 0 Å². The van der Waals surface area contributed by atoms with Gasteiger partial charge in [0.1, 0.15) is 17.2 Å². The fraction of sp³-hybridized carbons (Fsp3) is 0.261. The van der Waals surface area contributed by atoms with Crippen LogP contribution < -0.4 is 11.1 Å². The number of hydrogen-bond donors (Lipinski definition) is 2. The lowest BCUT2D eigenvalue weighted by atomic mass is 10.0. The van der Waals surface area contributed by atoms with Gasteiger partial charge in [0.2, 0.25) is 11.8 Å². The molecule has 3 aromatic rings. The van der Waals surface area contributed by atoms with Crippen LogP contribution in [0.2, 0.25) is 0 Å². The molecule has 0 fully saturated rings. The Morgan fingerprint density at radius 1 is 1.33 bits per heavy atom. The van der Waals surface area contributed by atoms with E-state index in [1.807, 2.05) is 37.3 Å². The largest absolute Gasteiger partial charge is 0.459 e. The van der Waals surface area contributed by atoms with E-state index in [9.17, 15) is 9.59 Å². The molecule has 0 aliphatic carbocycles. The Balaban J connectivity index is 1.50. The number of carbonyl (C=O) groups excluding carboxylic acids is 2. The predicted octanol–water partition coefficient (Wildman–Crippen LogP) is 3.02. The summed E-state index contributed by atoms with van der Waals surface area (Å²) in [5.41, 5.74) is 9.37. The SMILES string of the molecule is Cc1c(CN(CCN)C(=O)/C=C/c2cnc3c(c2)CCC(=O)N3)oc2ccccc12. The van der Waals surface area contributed by atoms with E-state index in [0.29, 0.717) is 38.3 Å². The van der Waals surface area contributed by atoms with Crippen molar-refractivity contribution in [3.05, 3.63) is 65.1 Å². The van der Waals surface area contributed by atoms with E-state index in [1.54, 1.807) is 17.2 Å². The van der Waals surface area contributed by atoms with Crippen LogP contribution in [-0.2, 0) is 22.6 Å². The number of furan rings is 1. The first-order valence-corrected chi connectivity index (χ1v) is 9.98. The van der Waals surface area contributed by atoms with Crippen molar-refractivity contribution in [2.75, 3.05) is 18.4 Å². The fourth-order valence-electron chi connectivity index (χ4n) is 3.61. The zero-order valence-corrected chi connectivity index (χ0v) is 16.9. The van der Waals surface area contributed by atoms with Crippen LogP contribution in [0.15, 0.2) is 47.0 Å². The summed E-state index contributed by atoms with van der Waals surface area (Å²) in [6, 6.07) is 9.78. The van der Waals surface area contributed by atoms with Crippen molar-refractivity contribution < 1.29 is 14.0 Å². The number of benzene rings is 1. The van der Waals surface area contributed by atoms with Gasteiger partial charge in [-0.15, -0.1) is 0 Å². The van der Waals surface area contributed by atoms with Crippen molar-refractivity contribution in [3.8, 4) is 0 Å². The molecule has 7 heteroatoms. The number of nitrogens with one attached hydrogen (secondary N) is 1. The van der Waals surface area contributed by atoms with Gasteiger partial charge in [-0.3, -0.25) is 9.59 Å². The molecule has 0 saturated heterocycles. The van der Waals surface area contributed by atoms with Gasteiger partial charge in [0, 0.05) is 42.7 Å². The number of aryl methyl sites for hydroxylation is 2. The van der Waals surface area contributed by atoms with Gasteiger partial charge in [-0.25, -0.2) is 4.98 Å². The van der Waals surface area contributed by atoms with Crippen LogP contribution in [-0.4, -0.2) is 34.8 Å². The summed E-state index contributed by atoms with van der Waals surface area (Å²) < 4.78 is 5.96. The third-order valence-corrected chi connectivity index (χ3v) is 5.27. The van der Waals surface area contributed by atoms with E-state index >= 15 is 0 Å². The highest BCUT2D eigenvalue weighted by molar-refractivity contribution is 5.94. The molecular weight excluding hydrogens is 380 g/mol. The fourth-order valence-corrected chi connectivity index (χ4v) is 3.61. The Labute approximate surface area is 174 Å². The number of anilines is 1. The molecule has 0 bridgehead atoms. The molecule has 0 atom stereocenters. The van der Waals surface area contributed by atoms with E-state index in [4.69, 9.17) is 10.2 Å². The van der Waals surface area contributed by atoms with Gasteiger partial charge in [0.15, 0.2) is 0 Å². The van der Waals surface area contributed by atoms with E-state index in [1.165, 1.54) is 6.08 Å². The van der Waals surface area contributed by atoms with Gasteiger partial charge in [-0.1, -0.05) is 18.2 Å². The minimum absolute atomic E-state index is 0.0215. The quantitative estimate of drug-likeness (QED) is 0.615. The molecule has 2 amide bonds. The third-order valence-electron chi connectivity index (χ3n) is 5.27. The number of rotatable bonds is 6. The summed E-state index contributed by atoms with van der Waals surface area (Å²) in [4.78, 5) is 30.3. The highest BCUT2D eigenvalue weighted by atomic mass is 16.3. The second-order valence-corrected chi connectivity index (χ2v) is 7.35. The van der Waals surface area contributed by atoms with Crippen LogP contribution in [0.4, 0.5) is 5.82 Å². The number of nitrogens with zero attached hydrogens (tertiary/aromatic N) is 2. The Bertz CT molecular complexity index is 1130. The second-order valence-electron chi connectivity index (χ2n) is 7.35. The van der Waals surface area contributed by atoms with Gasteiger partial charge >= 0.3 is 0 Å². The lowest BCUT2D eigenvalue weighted by Gasteiger charge is -2.19. The Kier molecular flexibility index (Phi) is 5.63. The molecule has 7 nitrogen and oxygen atoms in total. The van der Waals surface area contributed by atoms with E-state index < -0.39 is 0 Å². The number of amides is 2. The lowest BCUT2D eigenvalue weighted by molar-refractivity contribution is -0.126. The van der Waals surface area contributed by atoms with Gasteiger partial charge < -0.3 is 20.4 Å². The second kappa shape index (κ2) is 8.51. The highest BCUT2D eigenvalue weighted by Crippen LogP contribution is 2.26. The Morgan fingerprint density at radius 2 is 2.17 bits per heavy atom. The molecule has 4 rings (SSSR count). The molecule has 1 aliphatic heterocycles. The van der Waals surface area contributed by atoms with Crippen molar-refractivity contribution in [2.24, 2.45) is 5.73 Å². The van der Waals surface area contributed by atoms with Crippen LogP contribution >= 0.6 is 0 Å². The van der Waals surface area contributed by atoms with Crippen LogP contribution in [0.3, 0.4) is 0 Å². The maximum Gasteiger partial charge on any atom is 0.247 e. The topological polar surface area (TPSA) is 101 Å².